The predicted molar refractivity (Wildman–Crippen MR) is 111 cm³/mol. The smallest absolute Gasteiger partial charge is 0.161 e. The van der Waals surface area contributed by atoms with Crippen LogP contribution in [0.1, 0.15) is 36.8 Å². The van der Waals surface area contributed by atoms with E-state index < -0.39 is 0 Å². The molecule has 0 amide bonds. The van der Waals surface area contributed by atoms with Crippen LogP contribution in [0.4, 0.5) is 0 Å². The number of aryl methyl sites for hydroxylation is 1. The van der Waals surface area contributed by atoms with Gasteiger partial charge in [0.15, 0.2) is 11.5 Å². The number of piperidine rings is 1. The lowest BCUT2D eigenvalue weighted by atomic mass is 9.76. The van der Waals surface area contributed by atoms with Gasteiger partial charge in [0.05, 0.1) is 0 Å². The third-order valence-electron chi connectivity index (χ3n) is 6.10. The first-order valence-corrected chi connectivity index (χ1v) is 10.5. The second kappa shape index (κ2) is 8.97. The van der Waals surface area contributed by atoms with Gasteiger partial charge in [0.25, 0.3) is 0 Å². The van der Waals surface area contributed by atoms with Crippen molar-refractivity contribution in [1.82, 2.24) is 4.90 Å². The van der Waals surface area contributed by atoms with Gasteiger partial charge in [0.1, 0.15) is 13.2 Å². The van der Waals surface area contributed by atoms with E-state index in [2.05, 4.69) is 47.4 Å². The Balaban J connectivity index is 1.35. The normalized spacial score (nSPS) is 22.2. The van der Waals surface area contributed by atoms with Gasteiger partial charge in [-0.05, 0) is 61.9 Å². The number of nitrogens with zero attached hydrogens (tertiary/aromatic N) is 1. The van der Waals surface area contributed by atoms with E-state index in [1.807, 2.05) is 6.07 Å². The first-order chi connectivity index (χ1) is 13.8. The van der Waals surface area contributed by atoms with Crippen molar-refractivity contribution in [3.05, 3.63) is 59.7 Å². The molecule has 4 heteroatoms. The zero-order valence-corrected chi connectivity index (χ0v) is 16.6. The predicted octanol–water partition coefficient (Wildman–Crippen LogP) is 4.06. The zero-order valence-electron chi connectivity index (χ0n) is 16.6. The summed E-state index contributed by atoms with van der Waals surface area (Å²) in [7, 11) is 0. The molecule has 2 aliphatic heterocycles. The molecule has 1 N–H and O–H groups in total. The highest BCUT2D eigenvalue weighted by molar-refractivity contribution is 5.43. The third-order valence-corrected chi connectivity index (χ3v) is 6.10. The molecule has 150 valence electrons. The first-order valence-electron chi connectivity index (χ1n) is 10.5. The van der Waals surface area contributed by atoms with Gasteiger partial charge in [-0.1, -0.05) is 36.4 Å². The molecule has 1 atom stereocenters. The van der Waals surface area contributed by atoms with E-state index in [0.29, 0.717) is 13.2 Å². The molecule has 28 heavy (non-hydrogen) atoms. The Bertz CT molecular complexity index is 764. The average molecular weight is 382 g/mol. The fourth-order valence-electron chi connectivity index (χ4n) is 4.61. The molecule has 2 heterocycles. The SMILES string of the molecule is OC[C@@]1(CCCc2ccccc2)CCCN(Cc2ccc3c(c2)OCCO3)C1. The van der Waals surface area contributed by atoms with Crippen molar-refractivity contribution in [1.29, 1.82) is 0 Å². The molecule has 0 bridgehead atoms. The molecule has 0 saturated carbocycles. The number of hydrogen-bond acceptors (Lipinski definition) is 4. The molecule has 2 aromatic rings. The molecular formula is C24H31NO3. The molecule has 2 aromatic carbocycles. The summed E-state index contributed by atoms with van der Waals surface area (Å²) < 4.78 is 11.4. The molecule has 4 rings (SSSR count). The minimum Gasteiger partial charge on any atom is -0.486 e. The summed E-state index contributed by atoms with van der Waals surface area (Å²) in [6.45, 7) is 4.48. The van der Waals surface area contributed by atoms with Crippen LogP contribution < -0.4 is 9.47 Å². The van der Waals surface area contributed by atoms with E-state index in [1.165, 1.54) is 11.1 Å². The largest absolute Gasteiger partial charge is 0.486 e. The minimum absolute atomic E-state index is 0.0286. The Hall–Kier alpha value is -2.04. The Morgan fingerprint density at radius 2 is 1.79 bits per heavy atom. The summed E-state index contributed by atoms with van der Waals surface area (Å²) in [5.74, 6) is 1.70. The Morgan fingerprint density at radius 1 is 0.964 bits per heavy atom. The Labute approximate surface area is 168 Å². The molecule has 4 nitrogen and oxygen atoms in total. The van der Waals surface area contributed by atoms with Gasteiger partial charge in [-0.15, -0.1) is 0 Å². The number of likely N-dealkylation sites (tertiary alicyclic amines) is 1. The Kier molecular flexibility index (Phi) is 6.18. The van der Waals surface area contributed by atoms with Crippen molar-refractivity contribution in [3.8, 4) is 11.5 Å². The average Bonchev–Trinajstić information content (AvgIpc) is 2.75. The minimum atomic E-state index is 0.0286. The van der Waals surface area contributed by atoms with Crippen LogP contribution in [0.3, 0.4) is 0 Å². The molecule has 1 fully saturated rings. The summed E-state index contributed by atoms with van der Waals surface area (Å²) in [6, 6.07) is 16.9. The van der Waals surface area contributed by atoms with Crippen molar-refractivity contribution in [2.45, 2.75) is 38.6 Å². The molecule has 0 unspecified atom stereocenters. The van der Waals surface area contributed by atoms with E-state index in [-0.39, 0.29) is 12.0 Å². The standard InChI is InChI=1S/C24H31NO3/c26-19-24(11-4-8-20-6-2-1-3-7-20)12-5-13-25(18-24)17-21-9-10-22-23(16-21)28-15-14-27-22/h1-3,6-7,9-10,16,26H,4-5,8,11-15,17-19H2/t24-/m0/s1. The number of aliphatic hydroxyl groups excluding tert-OH is 1. The highest BCUT2D eigenvalue weighted by atomic mass is 16.6. The number of hydrogen-bond donors (Lipinski definition) is 1. The van der Waals surface area contributed by atoms with Crippen LogP contribution in [0, 0.1) is 5.41 Å². The zero-order chi connectivity index (χ0) is 19.2. The lowest BCUT2D eigenvalue weighted by Crippen LogP contribution is -2.45. The van der Waals surface area contributed by atoms with Gasteiger partial charge in [-0.25, -0.2) is 0 Å². The molecule has 0 aromatic heterocycles. The van der Waals surface area contributed by atoms with Gasteiger partial charge < -0.3 is 14.6 Å². The lowest BCUT2D eigenvalue weighted by molar-refractivity contribution is 0.0207. The fraction of sp³-hybridized carbons (Fsp3) is 0.500. The quantitative estimate of drug-likeness (QED) is 0.785. The van der Waals surface area contributed by atoms with Crippen LogP contribution in [-0.2, 0) is 13.0 Å². The summed E-state index contributed by atoms with van der Waals surface area (Å²) in [6.07, 6.45) is 5.57. The summed E-state index contributed by atoms with van der Waals surface area (Å²) in [4.78, 5) is 2.49. The van der Waals surface area contributed by atoms with E-state index in [0.717, 1.165) is 63.2 Å². The maximum Gasteiger partial charge on any atom is 0.161 e. The monoisotopic (exact) mass is 381 g/mol. The van der Waals surface area contributed by atoms with Gasteiger partial charge in [-0.2, -0.15) is 0 Å². The number of ether oxygens (including phenoxy) is 2. The first kappa shape index (κ1) is 19.3. The molecular weight excluding hydrogens is 350 g/mol. The van der Waals surface area contributed by atoms with Crippen molar-refractivity contribution in [2.75, 3.05) is 32.9 Å². The highest BCUT2D eigenvalue weighted by Gasteiger charge is 2.34. The van der Waals surface area contributed by atoms with E-state index >= 15 is 0 Å². The van der Waals surface area contributed by atoms with Gasteiger partial charge >= 0.3 is 0 Å². The van der Waals surface area contributed by atoms with Gasteiger partial charge in [0, 0.05) is 25.1 Å². The molecule has 0 aliphatic carbocycles. The number of aliphatic hydroxyl groups is 1. The van der Waals surface area contributed by atoms with Crippen molar-refractivity contribution < 1.29 is 14.6 Å². The van der Waals surface area contributed by atoms with Gasteiger partial charge in [-0.3, -0.25) is 4.90 Å². The van der Waals surface area contributed by atoms with Gasteiger partial charge in [0.2, 0.25) is 0 Å². The summed E-state index contributed by atoms with van der Waals surface area (Å²) in [5.41, 5.74) is 2.67. The number of benzene rings is 2. The van der Waals surface area contributed by atoms with Crippen LogP contribution in [0.15, 0.2) is 48.5 Å². The van der Waals surface area contributed by atoms with Crippen LogP contribution in [0.5, 0.6) is 11.5 Å². The van der Waals surface area contributed by atoms with E-state index in [9.17, 15) is 5.11 Å². The molecule has 0 radical (unpaired) electrons. The summed E-state index contributed by atoms with van der Waals surface area (Å²) >= 11 is 0. The number of rotatable bonds is 7. The van der Waals surface area contributed by atoms with E-state index in [1.54, 1.807) is 0 Å². The van der Waals surface area contributed by atoms with Crippen LogP contribution >= 0.6 is 0 Å². The molecule has 2 aliphatic rings. The van der Waals surface area contributed by atoms with E-state index in [4.69, 9.17) is 9.47 Å². The molecule has 0 spiro atoms. The summed E-state index contributed by atoms with van der Waals surface area (Å²) in [5, 5.41) is 10.2. The maximum atomic E-state index is 10.2. The third kappa shape index (κ3) is 4.68. The number of fused-ring (bicyclic) bond motifs is 1. The topological polar surface area (TPSA) is 41.9 Å². The highest BCUT2D eigenvalue weighted by Crippen LogP contribution is 2.36. The molecule has 1 saturated heterocycles. The van der Waals surface area contributed by atoms with Crippen LogP contribution in [0.25, 0.3) is 0 Å². The second-order valence-corrected chi connectivity index (χ2v) is 8.29. The fourth-order valence-corrected chi connectivity index (χ4v) is 4.61. The lowest BCUT2D eigenvalue weighted by Gasteiger charge is -2.42. The Morgan fingerprint density at radius 3 is 2.61 bits per heavy atom. The van der Waals surface area contributed by atoms with Crippen LogP contribution in [0.2, 0.25) is 0 Å². The van der Waals surface area contributed by atoms with Crippen molar-refractivity contribution in [3.63, 3.8) is 0 Å². The van der Waals surface area contributed by atoms with Crippen molar-refractivity contribution >= 4 is 0 Å². The van der Waals surface area contributed by atoms with Crippen molar-refractivity contribution in [2.24, 2.45) is 5.41 Å². The second-order valence-electron chi connectivity index (χ2n) is 8.29. The maximum absolute atomic E-state index is 10.2. The van der Waals surface area contributed by atoms with Crippen LogP contribution in [-0.4, -0.2) is 42.9 Å².